The molecule has 1 saturated carbocycles. The minimum atomic E-state index is -1.50. The second kappa shape index (κ2) is 10.9. The molecule has 0 N–H and O–H groups in total. The van der Waals surface area contributed by atoms with E-state index in [1.807, 2.05) is 25.1 Å². The summed E-state index contributed by atoms with van der Waals surface area (Å²) in [6.07, 6.45) is 3.53. The summed E-state index contributed by atoms with van der Waals surface area (Å²) in [5.41, 5.74) is 3.80. The zero-order valence-corrected chi connectivity index (χ0v) is 18.3. The lowest BCUT2D eigenvalue weighted by atomic mass is 9.82. The summed E-state index contributed by atoms with van der Waals surface area (Å²) in [6, 6.07) is 16.2. The van der Waals surface area contributed by atoms with E-state index in [9.17, 15) is 14.4 Å². The van der Waals surface area contributed by atoms with E-state index in [1.165, 1.54) is 5.56 Å². The third-order valence-electron chi connectivity index (χ3n) is 6.06. The predicted molar refractivity (Wildman–Crippen MR) is 119 cm³/mol. The van der Waals surface area contributed by atoms with Gasteiger partial charge in [0, 0.05) is 0 Å². The lowest BCUT2D eigenvalue weighted by Crippen LogP contribution is -2.28. The van der Waals surface area contributed by atoms with Gasteiger partial charge in [-0.1, -0.05) is 50.1 Å². The number of alkyl halides is 1. The van der Waals surface area contributed by atoms with Gasteiger partial charge < -0.3 is 9.47 Å². The third kappa shape index (κ3) is 5.85. The van der Waals surface area contributed by atoms with Gasteiger partial charge in [-0.25, -0.2) is 9.18 Å². The molecule has 0 amide bonds. The molecule has 164 valence electrons. The van der Waals surface area contributed by atoms with Crippen molar-refractivity contribution in [1.82, 2.24) is 0 Å². The quantitative estimate of drug-likeness (QED) is 0.465. The molecule has 0 heterocycles. The number of carbonyl (C=O) groups excluding carboxylic acids is 1. The van der Waals surface area contributed by atoms with Crippen molar-refractivity contribution in [3.63, 3.8) is 0 Å². The third-order valence-corrected chi connectivity index (χ3v) is 6.06. The maximum Gasteiger partial charge on any atom is 0.340 e. The first-order valence-corrected chi connectivity index (χ1v) is 11.1. The summed E-state index contributed by atoms with van der Waals surface area (Å²) >= 11 is 0. The number of hydrogen-bond acceptors (Lipinski definition) is 4. The molecule has 0 saturated heterocycles. The number of rotatable bonds is 8. The number of halogens is 1. The van der Waals surface area contributed by atoms with E-state index in [2.05, 4.69) is 30.3 Å². The van der Waals surface area contributed by atoms with Gasteiger partial charge in [0.1, 0.15) is 17.9 Å². The molecule has 2 aromatic rings. The van der Waals surface area contributed by atoms with Gasteiger partial charge >= 0.3 is 5.97 Å². The number of hydrogen-bond donors (Lipinski definition) is 0. The topological polar surface area (TPSA) is 59.3 Å². The number of nitrogens with zero attached hydrogens (tertiary/aromatic N) is 1. The lowest BCUT2D eigenvalue weighted by molar-refractivity contribution is -0.157. The van der Waals surface area contributed by atoms with Crippen LogP contribution < -0.4 is 4.74 Å². The largest absolute Gasteiger partial charge is 0.495 e. The van der Waals surface area contributed by atoms with Gasteiger partial charge in [0.25, 0.3) is 0 Å². The highest BCUT2D eigenvalue weighted by Gasteiger charge is 2.27. The van der Waals surface area contributed by atoms with Crippen LogP contribution in [0.5, 0.6) is 5.75 Å². The molecule has 3 rings (SSSR count). The first-order chi connectivity index (χ1) is 15.0. The molecule has 0 unspecified atom stereocenters. The Labute approximate surface area is 184 Å². The molecular formula is C26H30FNO3. The van der Waals surface area contributed by atoms with E-state index in [1.54, 1.807) is 7.11 Å². The van der Waals surface area contributed by atoms with Crippen LogP contribution in [0.25, 0.3) is 11.1 Å². The highest BCUT2D eigenvalue weighted by atomic mass is 19.1. The molecule has 0 radical (unpaired) electrons. The summed E-state index contributed by atoms with van der Waals surface area (Å²) in [5, 5.41) is 9.30. The fraction of sp³-hybridized carbons (Fsp3) is 0.462. The molecule has 1 aliphatic rings. The molecule has 1 atom stereocenters. The fourth-order valence-electron chi connectivity index (χ4n) is 4.18. The average Bonchev–Trinajstić information content (AvgIpc) is 2.82. The van der Waals surface area contributed by atoms with Crippen LogP contribution >= 0.6 is 0 Å². The summed E-state index contributed by atoms with van der Waals surface area (Å²) < 4.78 is 24.5. The first kappa shape index (κ1) is 22.8. The number of esters is 1. The second-order valence-electron chi connectivity index (χ2n) is 8.17. The summed E-state index contributed by atoms with van der Waals surface area (Å²) in [6.45, 7) is 1.98. The minimum Gasteiger partial charge on any atom is -0.495 e. The zero-order chi connectivity index (χ0) is 22.2. The van der Waals surface area contributed by atoms with Crippen LogP contribution in [-0.4, -0.2) is 25.4 Å². The van der Waals surface area contributed by atoms with Gasteiger partial charge in [-0.2, -0.15) is 5.26 Å². The van der Waals surface area contributed by atoms with E-state index < -0.39 is 12.1 Å². The maximum atomic E-state index is 13.8. The van der Waals surface area contributed by atoms with Gasteiger partial charge in [0.15, 0.2) is 6.17 Å². The van der Waals surface area contributed by atoms with Crippen LogP contribution in [0.3, 0.4) is 0 Å². The molecule has 2 aromatic carbocycles. The number of ether oxygens (including phenoxy) is 2. The van der Waals surface area contributed by atoms with Crippen LogP contribution in [0.4, 0.5) is 4.39 Å². The summed E-state index contributed by atoms with van der Waals surface area (Å²) in [5.74, 6) is 0.290. The first-order valence-electron chi connectivity index (χ1n) is 11.1. The monoisotopic (exact) mass is 423 g/mol. The van der Waals surface area contributed by atoms with E-state index in [0.717, 1.165) is 43.2 Å². The van der Waals surface area contributed by atoms with Gasteiger partial charge in [0.05, 0.1) is 12.7 Å². The molecule has 0 aromatic heterocycles. The Morgan fingerprint density at radius 2 is 1.81 bits per heavy atom. The Bertz CT molecular complexity index is 911. The average molecular weight is 424 g/mol. The second-order valence-corrected chi connectivity index (χ2v) is 8.17. The Morgan fingerprint density at radius 1 is 1.13 bits per heavy atom. The molecule has 4 nitrogen and oxygen atoms in total. The van der Waals surface area contributed by atoms with Gasteiger partial charge in [0.2, 0.25) is 0 Å². The van der Waals surface area contributed by atoms with Crippen LogP contribution in [0.15, 0.2) is 42.5 Å². The van der Waals surface area contributed by atoms with Crippen molar-refractivity contribution in [1.29, 1.82) is 5.26 Å². The Hall–Kier alpha value is -2.87. The van der Waals surface area contributed by atoms with Crippen LogP contribution in [0.2, 0.25) is 0 Å². The number of carbonyl (C=O) groups is 1. The highest BCUT2D eigenvalue weighted by Crippen LogP contribution is 2.35. The lowest BCUT2D eigenvalue weighted by Gasteiger charge is -2.29. The number of methoxy groups -OCH3 is 1. The number of benzene rings is 2. The van der Waals surface area contributed by atoms with E-state index in [-0.39, 0.29) is 12.5 Å². The van der Waals surface area contributed by atoms with Gasteiger partial charge in [-0.05, 0) is 66.8 Å². The maximum absolute atomic E-state index is 13.8. The molecule has 31 heavy (non-hydrogen) atoms. The van der Waals surface area contributed by atoms with E-state index >= 15 is 0 Å². The van der Waals surface area contributed by atoms with Crippen molar-refractivity contribution in [2.75, 3.05) is 7.11 Å². The Kier molecular flexibility index (Phi) is 8.06. The summed E-state index contributed by atoms with van der Waals surface area (Å²) in [4.78, 5) is 11.9. The molecule has 1 fully saturated rings. The highest BCUT2D eigenvalue weighted by molar-refractivity contribution is 5.74. The predicted octanol–water partition coefficient (Wildman–Crippen LogP) is 6.33. The Morgan fingerprint density at radius 3 is 2.42 bits per heavy atom. The van der Waals surface area contributed by atoms with Gasteiger partial charge in [-0.3, -0.25) is 0 Å². The standard InChI is InChI=1S/C26H30FNO3/c1-3-4-5-24(27)26(29)31-23-13-10-19(11-14-23)18-6-8-20(9-7-18)21-12-15-25(30-2)22(16-21)17-28/h6-9,12,15-16,19,23-24H,3-5,10-11,13-14H2,1-2H3/t19-,23-,24-/m0/s1. The smallest absolute Gasteiger partial charge is 0.340 e. The molecule has 0 bridgehead atoms. The number of unbranched alkanes of at least 4 members (excludes halogenated alkanes) is 1. The fourth-order valence-corrected chi connectivity index (χ4v) is 4.18. The Balaban J connectivity index is 1.56. The zero-order valence-electron chi connectivity index (χ0n) is 18.3. The van der Waals surface area contributed by atoms with Crippen molar-refractivity contribution >= 4 is 5.97 Å². The minimum absolute atomic E-state index is 0.174. The molecule has 1 aliphatic carbocycles. The number of nitriles is 1. The van der Waals surface area contributed by atoms with Crippen molar-refractivity contribution < 1.29 is 18.7 Å². The summed E-state index contributed by atoms with van der Waals surface area (Å²) in [7, 11) is 1.56. The van der Waals surface area contributed by atoms with Crippen molar-refractivity contribution in [3.05, 3.63) is 53.6 Å². The van der Waals surface area contributed by atoms with Crippen LogP contribution in [0.1, 0.15) is 68.9 Å². The van der Waals surface area contributed by atoms with E-state index in [4.69, 9.17) is 9.47 Å². The van der Waals surface area contributed by atoms with Crippen molar-refractivity contribution in [2.24, 2.45) is 0 Å². The van der Waals surface area contributed by atoms with Crippen LogP contribution in [0, 0.1) is 11.3 Å². The normalized spacial score (nSPS) is 19.3. The van der Waals surface area contributed by atoms with E-state index in [0.29, 0.717) is 23.7 Å². The molecule has 0 aliphatic heterocycles. The van der Waals surface area contributed by atoms with Crippen molar-refractivity contribution in [3.8, 4) is 22.9 Å². The van der Waals surface area contributed by atoms with Crippen LogP contribution in [-0.2, 0) is 9.53 Å². The molecule has 5 heteroatoms. The van der Waals surface area contributed by atoms with Gasteiger partial charge in [-0.15, -0.1) is 0 Å². The molecular weight excluding hydrogens is 393 g/mol. The SMILES string of the molecule is CCCC[C@H](F)C(=O)O[C@H]1CC[C@H](c2ccc(-c3ccc(OC)c(C#N)c3)cc2)CC1. The molecule has 0 spiro atoms. The van der Waals surface area contributed by atoms with Crippen molar-refractivity contribution in [2.45, 2.75) is 70.1 Å².